The third-order valence-corrected chi connectivity index (χ3v) is 3.50. The number of carbonyl (C=O) groups excluding carboxylic acids is 2. The smallest absolute Gasteiger partial charge is 0.243 e. The zero-order chi connectivity index (χ0) is 16.7. The molecule has 0 saturated heterocycles. The second-order valence-corrected chi connectivity index (χ2v) is 5.23. The maximum Gasteiger partial charge on any atom is 0.243 e. The van der Waals surface area contributed by atoms with E-state index in [4.69, 9.17) is 16.3 Å². The Labute approximate surface area is 139 Å². The van der Waals surface area contributed by atoms with Crippen LogP contribution in [0.3, 0.4) is 0 Å². The Morgan fingerprint density at radius 3 is 2.39 bits per heavy atom. The van der Waals surface area contributed by atoms with E-state index in [9.17, 15) is 9.59 Å². The Balaban J connectivity index is 1.79. The largest absolute Gasteiger partial charge is 0.497 e. The molecule has 0 bridgehead atoms. The zero-order valence-corrected chi connectivity index (χ0v) is 13.4. The molecule has 120 valence electrons. The molecule has 0 aliphatic heterocycles. The minimum atomic E-state index is -0.303. The van der Waals surface area contributed by atoms with Crippen LogP contribution in [0.15, 0.2) is 48.5 Å². The van der Waals surface area contributed by atoms with Gasteiger partial charge in [-0.2, -0.15) is 0 Å². The molecule has 6 heteroatoms. The lowest BCUT2D eigenvalue weighted by Gasteiger charge is -2.08. The number of nitrogens with one attached hydrogen (secondary N) is 2. The van der Waals surface area contributed by atoms with E-state index >= 15 is 0 Å². The minimum absolute atomic E-state index is 0.102. The summed E-state index contributed by atoms with van der Waals surface area (Å²) >= 11 is 5.99. The van der Waals surface area contributed by atoms with E-state index in [0.717, 1.165) is 5.56 Å². The Hall–Kier alpha value is -2.53. The molecule has 5 nitrogen and oxygen atoms in total. The lowest BCUT2D eigenvalue weighted by Crippen LogP contribution is -2.33. The molecule has 0 radical (unpaired) electrons. The van der Waals surface area contributed by atoms with Gasteiger partial charge in [0.05, 0.1) is 20.1 Å². The number of anilines is 1. The highest BCUT2D eigenvalue weighted by molar-refractivity contribution is 6.31. The van der Waals surface area contributed by atoms with Gasteiger partial charge in [-0.15, -0.1) is 0 Å². The first-order valence-corrected chi connectivity index (χ1v) is 7.40. The van der Waals surface area contributed by atoms with Crippen molar-refractivity contribution in [2.24, 2.45) is 0 Å². The molecule has 0 fully saturated rings. The summed E-state index contributed by atoms with van der Waals surface area (Å²) in [6.07, 6.45) is 0.134. The van der Waals surface area contributed by atoms with Crippen LogP contribution >= 0.6 is 11.6 Å². The molecule has 2 N–H and O–H groups in total. The van der Waals surface area contributed by atoms with Crippen molar-refractivity contribution in [3.05, 3.63) is 59.1 Å². The van der Waals surface area contributed by atoms with E-state index in [2.05, 4.69) is 10.6 Å². The van der Waals surface area contributed by atoms with Gasteiger partial charge >= 0.3 is 0 Å². The van der Waals surface area contributed by atoms with Crippen molar-refractivity contribution < 1.29 is 14.3 Å². The Kier molecular flexibility index (Phi) is 6.00. The summed E-state index contributed by atoms with van der Waals surface area (Å²) in [6.45, 7) is -0.102. The highest BCUT2D eigenvalue weighted by atomic mass is 35.5. The number of halogens is 1. The van der Waals surface area contributed by atoms with Gasteiger partial charge in [-0.25, -0.2) is 0 Å². The first-order chi connectivity index (χ1) is 11.1. The lowest BCUT2D eigenvalue weighted by atomic mass is 10.1. The van der Waals surface area contributed by atoms with Crippen LogP contribution in [0.5, 0.6) is 5.75 Å². The molecule has 0 aliphatic rings. The highest BCUT2D eigenvalue weighted by Gasteiger charge is 2.09. The van der Waals surface area contributed by atoms with Crippen molar-refractivity contribution in [2.75, 3.05) is 19.0 Å². The number of methoxy groups -OCH3 is 1. The molecule has 0 aliphatic carbocycles. The van der Waals surface area contributed by atoms with Gasteiger partial charge in [0.1, 0.15) is 5.75 Å². The summed E-state index contributed by atoms with van der Waals surface area (Å²) < 4.78 is 5.04. The van der Waals surface area contributed by atoms with Gasteiger partial charge in [-0.05, 0) is 35.9 Å². The average Bonchev–Trinajstić information content (AvgIpc) is 2.56. The number of carbonyl (C=O) groups is 2. The fourth-order valence-electron chi connectivity index (χ4n) is 1.94. The zero-order valence-electron chi connectivity index (χ0n) is 12.6. The number of rotatable bonds is 6. The van der Waals surface area contributed by atoms with E-state index in [1.165, 1.54) is 0 Å². The molecule has 0 atom stereocenters. The minimum Gasteiger partial charge on any atom is -0.497 e. The van der Waals surface area contributed by atoms with Crippen molar-refractivity contribution in [3.8, 4) is 5.75 Å². The summed E-state index contributed by atoms with van der Waals surface area (Å²) in [4.78, 5) is 23.6. The number of ether oxygens (including phenoxy) is 1. The molecular formula is C17H17ClN2O3. The standard InChI is InChI=1S/C17H17ClN2O3/c1-23-14-8-6-13(7-9-14)20-17(22)11-19-16(21)10-12-4-2-3-5-15(12)18/h2-9H,10-11H2,1H3,(H,19,21)(H,20,22). The van der Waals surface area contributed by atoms with Crippen LogP contribution < -0.4 is 15.4 Å². The van der Waals surface area contributed by atoms with E-state index in [1.807, 2.05) is 6.07 Å². The lowest BCUT2D eigenvalue weighted by molar-refractivity contribution is -0.123. The topological polar surface area (TPSA) is 67.4 Å². The Bertz CT molecular complexity index is 686. The summed E-state index contributed by atoms with van der Waals surface area (Å²) in [5.41, 5.74) is 1.36. The molecule has 0 saturated carbocycles. The van der Waals surface area contributed by atoms with E-state index < -0.39 is 0 Å². The average molecular weight is 333 g/mol. The van der Waals surface area contributed by atoms with Crippen LogP contribution in [0, 0.1) is 0 Å². The van der Waals surface area contributed by atoms with Crippen LogP contribution in [0.25, 0.3) is 0 Å². The maximum atomic E-state index is 11.8. The highest BCUT2D eigenvalue weighted by Crippen LogP contribution is 2.16. The molecular weight excluding hydrogens is 316 g/mol. The summed E-state index contributed by atoms with van der Waals surface area (Å²) in [5.74, 6) is 0.140. The van der Waals surface area contributed by atoms with Gasteiger partial charge in [-0.1, -0.05) is 29.8 Å². The molecule has 0 unspecified atom stereocenters. The normalized spacial score (nSPS) is 10.0. The van der Waals surface area contributed by atoms with Crippen molar-refractivity contribution in [2.45, 2.75) is 6.42 Å². The molecule has 2 aromatic carbocycles. The molecule has 0 aromatic heterocycles. The second-order valence-electron chi connectivity index (χ2n) is 4.82. The van der Waals surface area contributed by atoms with E-state index in [-0.39, 0.29) is 24.8 Å². The third-order valence-electron chi connectivity index (χ3n) is 3.13. The van der Waals surface area contributed by atoms with E-state index in [0.29, 0.717) is 16.5 Å². The first-order valence-electron chi connectivity index (χ1n) is 7.02. The van der Waals surface area contributed by atoms with Crippen LogP contribution in [-0.4, -0.2) is 25.5 Å². The molecule has 2 aromatic rings. The predicted molar refractivity (Wildman–Crippen MR) is 89.8 cm³/mol. The van der Waals surface area contributed by atoms with Crippen LogP contribution in [0.2, 0.25) is 5.02 Å². The molecule has 0 heterocycles. The van der Waals surface area contributed by atoms with Crippen molar-refractivity contribution in [3.63, 3.8) is 0 Å². The molecule has 2 amide bonds. The van der Waals surface area contributed by atoms with Crippen LogP contribution in [-0.2, 0) is 16.0 Å². The number of hydrogen-bond donors (Lipinski definition) is 2. The van der Waals surface area contributed by atoms with Crippen LogP contribution in [0.1, 0.15) is 5.56 Å². The van der Waals surface area contributed by atoms with Crippen molar-refractivity contribution in [1.82, 2.24) is 5.32 Å². The fraction of sp³-hybridized carbons (Fsp3) is 0.176. The molecule has 23 heavy (non-hydrogen) atoms. The third kappa shape index (κ3) is 5.30. The maximum absolute atomic E-state index is 11.8. The van der Waals surface area contributed by atoms with Crippen molar-refractivity contribution >= 4 is 29.1 Å². The van der Waals surface area contributed by atoms with Gasteiger partial charge in [0.15, 0.2) is 0 Å². The SMILES string of the molecule is COc1ccc(NC(=O)CNC(=O)Cc2ccccc2Cl)cc1. The van der Waals surface area contributed by atoms with Crippen LogP contribution in [0.4, 0.5) is 5.69 Å². The first kappa shape index (κ1) is 16.8. The van der Waals surface area contributed by atoms with E-state index in [1.54, 1.807) is 49.6 Å². The van der Waals surface area contributed by atoms with Gasteiger partial charge in [0.2, 0.25) is 11.8 Å². The van der Waals surface area contributed by atoms with Crippen molar-refractivity contribution in [1.29, 1.82) is 0 Å². The van der Waals surface area contributed by atoms with Gasteiger partial charge < -0.3 is 15.4 Å². The quantitative estimate of drug-likeness (QED) is 0.854. The van der Waals surface area contributed by atoms with Gasteiger partial charge in [0.25, 0.3) is 0 Å². The van der Waals surface area contributed by atoms with Gasteiger partial charge in [-0.3, -0.25) is 9.59 Å². The number of hydrogen-bond acceptors (Lipinski definition) is 3. The Morgan fingerprint density at radius 2 is 1.74 bits per heavy atom. The predicted octanol–water partition coefficient (Wildman–Crippen LogP) is 2.65. The second kappa shape index (κ2) is 8.19. The summed E-state index contributed by atoms with van der Waals surface area (Å²) in [5, 5.41) is 5.79. The number of benzene rings is 2. The summed E-state index contributed by atoms with van der Waals surface area (Å²) in [7, 11) is 1.57. The fourth-order valence-corrected chi connectivity index (χ4v) is 2.14. The summed E-state index contributed by atoms with van der Waals surface area (Å²) in [6, 6.07) is 14.0. The molecule has 0 spiro atoms. The van der Waals surface area contributed by atoms with Gasteiger partial charge in [0, 0.05) is 10.7 Å². The monoisotopic (exact) mass is 332 g/mol. The molecule has 2 rings (SSSR count). The number of amides is 2. The Morgan fingerprint density at radius 1 is 1.04 bits per heavy atom.